The quantitative estimate of drug-likeness (QED) is 0.597. The first-order valence-corrected chi connectivity index (χ1v) is 7.08. The van der Waals surface area contributed by atoms with E-state index in [1.807, 2.05) is 22.6 Å². The van der Waals surface area contributed by atoms with Gasteiger partial charge in [0.1, 0.15) is 0 Å². The van der Waals surface area contributed by atoms with Gasteiger partial charge in [0.15, 0.2) is 0 Å². The summed E-state index contributed by atoms with van der Waals surface area (Å²) < 4.78 is 3.05. The van der Waals surface area contributed by atoms with E-state index in [1.165, 1.54) is 0 Å². The molecule has 0 aliphatic rings. The van der Waals surface area contributed by atoms with Crippen LogP contribution in [0.5, 0.6) is 0 Å². The van der Waals surface area contributed by atoms with Crippen molar-refractivity contribution in [3.63, 3.8) is 0 Å². The third-order valence-electron chi connectivity index (χ3n) is 2.63. The van der Waals surface area contributed by atoms with Crippen LogP contribution >= 0.6 is 22.6 Å². The zero-order valence-corrected chi connectivity index (χ0v) is 13.3. The lowest BCUT2D eigenvalue weighted by Crippen LogP contribution is -2.55. The molecule has 1 atom stereocenters. The van der Waals surface area contributed by atoms with Crippen LogP contribution in [0, 0.1) is 0 Å². The highest BCUT2D eigenvalue weighted by Crippen LogP contribution is 2.09. The molecule has 0 aromatic carbocycles. The van der Waals surface area contributed by atoms with Gasteiger partial charge in [0, 0.05) is 12.1 Å². The van der Waals surface area contributed by atoms with E-state index < -0.39 is 17.1 Å². The fraction of sp³-hybridized carbons (Fsp3) is 0.727. The molecule has 7 heteroatoms. The Balaban J connectivity index is 3.96. The van der Waals surface area contributed by atoms with Gasteiger partial charge in [-0.1, -0.05) is 22.6 Å². The lowest BCUT2D eigenvalue weighted by atomic mass is 10.4. The van der Waals surface area contributed by atoms with Gasteiger partial charge in [-0.2, -0.15) is 0 Å². The predicted octanol–water partition coefficient (Wildman–Crippen LogP) is 1.29. The van der Waals surface area contributed by atoms with Crippen molar-refractivity contribution in [3.8, 4) is 0 Å². The van der Waals surface area contributed by atoms with Crippen LogP contribution in [0.4, 0.5) is 0 Å². The summed E-state index contributed by atoms with van der Waals surface area (Å²) in [5.74, 6) is 0. The normalized spacial score (nSPS) is 13.3. The minimum Gasteiger partial charge on any atom is -0.247 e. The molecule has 102 valence electrons. The van der Waals surface area contributed by atoms with Crippen molar-refractivity contribution in [1.82, 2.24) is 13.7 Å². The number of hydrogen-bond acceptors (Lipinski definition) is 3. The van der Waals surface area contributed by atoms with Gasteiger partial charge in [-0.15, -0.1) is 0 Å². The Kier molecular flexibility index (Phi) is 4.57. The van der Waals surface area contributed by atoms with Gasteiger partial charge in [0.05, 0.1) is 4.05 Å². The van der Waals surface area contributed by atoms with E-state index >= 15 is 0 Å². The number of hydrogen-bond donors (Lipinski definition) is 0. The molecule has 6 nitrogen and oxygen atoms in total. The number of rotatable bonds is 3. The van der Waals surface area contributed by atoms with Crippen LogP contribution in [-0.2, 0) is 0 Å². The van der Waals surface area contributed by atoms with Crippen molar-refractivity contribution >= 4 is 22.6 Å². The minimum absolute atomic E-state index is 0.281. The molecule has 0 bridgehead atoms. The summed E-state index contributed by atoms with van der Waals surface area (Å²) in [5.41, 5.74) is -1.62. The second-order valence-corrected chi connectivity index (χ2v) is 6.52. The Morgan fingerprint density at radius 1 is 0.722 bits per heavy atom. The standard InChI is InChI=1S/C11H18IN3O3/c1-6(2)13-9(16)14(7(3)4)11(18)15(8(5)12)10(13)17/h6-8H,1-5H3. The fourth-order valence-electron chi connectivity index (χ4n) is 1.78. The van der Waals surface area contributed by atoms with Gasteiger partial charge in [0.25, 0.3) is 0 Å². The molecule has 0 fully saturated rings. The highest BCUT2D eigenvalue weighted by molar-refractivity contribution is 14.1. The molecular weight excluding hydrogens is 349 g/mol. The Morgan fingerprint density at radius 3 is 1.22 bits per heavy atom. The van der Waals surface area contributed by atoms with Gasteiger partial charge in [-0.25, -0.2) is 28.1 Å². The number of alkyl halides is 1. The zero-order valence-electron chi connectivity index (χ0n) is 11.2. The maximum atomic E-state index is 12.2. The van der Waals surface area contributed by atoms with Crippen LogP contribution in [-0.4, -0.2) is 13.7 Å². The third-order valence-corrected chi connectivity index (χ3v) is 3.18. The second-order valence-electron chi connectivity index (χ2n) is 4.72. The minimum atomic E-state index is -0.543. The van der Waals surface area contributed by atoms with Crippen molar-refractivity contribution in [1.29, 1.82) is 0 Å². The molecule has 0 aliphatic heterocycles. The Bertz CT molecular complexity index is 491. The molecule has 18 heavy (non-hydrogen) atoms. The predicted molar refractivity (Wildman–Crippen MR) is 78.7 cm³/mol. The van der Waals surface area contributed by atoms with Gasteiger partial charge in [0.2, 0.25) is 0 Å². The van der Waals surface area contributed by atoms with E-state index in [-0.39, 0.29) is 16.1 Å². The first-order chi connectivity index (χ1) is 8.20. The van der Waals surface area contributed by atoms with E-state index in [0.29, 0.717) is 0 Å². The maximum absolute atomic E-state index is 12.2. The highest BCUT2D eigenvalue weighted by Gasteiger charge is 2.20. The van der Waals surface area contributed by atoms with E-state index in [2.05, 4.69) is 0 Å². The molecule has 1 heterocycles. The largest absolute Gasteiger partial charge is 0.337 e. The molecule has 0 saturated carbocycles. The molecule has 0 amide bonds. The highest BCUT2D eigenvalue weighted by atomic mass is 127. The van der Waals surface area contributed by atoms with Crippen molar-refractivity contribution in [2.45, 2.75) is 50.8 Å². The summed E-state index contributed by atoms with van der Waals surface area (Å²) in [6.07, 6.45) is 0. The summed E-state index contributed by atoms with van der Waals surface area (Å²) in [6, 6.07) is -0.561. The van der Waals surface area contributed by atoms with Gasteiger partial charge < -0.3 is 0 Å². The van der Waals surface area contributed by atoms with E-state index in [9.17, 15) is 14.4 Å². The van der Waals surface area contributed by atoms with Crippen LogP contribution in [0.1, 0.15) is 50.8 Å². The van der Waals surface area contributed by atoms with Crippen LogP contribution in [0.2, 0.25) is 0 Å². The smallest absolute Gasteiger partial charge is 0.247 e. The first kappa shape index (κ1) is 15.2. The molecule has 0 spiro atoms. The molecule has 1 aromatic heterocycles. The van der Waals surface area contributed by atoms with Crippen LogP contribution in [0.15, 0.2) is 14.4 Å². The van der Waals surface area contributed by atoms with Gasteiger partial charge in [-0.3, -0.25) is 0 Å². The van der Waals surface area contributed by atoms with Gasteiger partial charge >= 0.3 is 17.1 Å². The lowest BCUT2D eigenvalue weighted by Gasteiger charge is -2.18. The molecule has 0 radical (unpaired) electrons. The summed E-state index contributed by atoms with van der Waals surface area (Å²) in [4.78, 5) is 36.5. The number of aromatic nitrogens is 3. The van der Waals surface area contributed by atoms with Crippen molar-refractivity contribution in [2.24, 2.45) is 0 Å². The summed E-state index contributed by atoms with van der Waals surface area (Å²) >= 11 is 1.99. The molecule has 1 unspecified atom stereocenters. The van der Waals surface area contributed by atoms with Crippen molar-refractivity contribution in [3.05, 3.63) is 31.5 Å². The monoisotopic (exact) mass is 367 g/mol. The van der Waals surface area contributed by atoms with Crippen molar-refractivity contribution < 1.29 is 0 Å². The Hall–Kier alpha value is -0.860. The fourth-order valence-corrected chi connectivity index (χ4v) is 2.26. The molecule has 0 N–H and O–H groups in total. The van der Waals surface area contributed by atoms with E-state index in [4.69, 9.17) is 0 Å². The molecule has 1 rings (SSSR count). The van der Waals surface area contributed by atoms with E-state index in [0.717, 1.165) is 13.7 Å². The second kappa shape index (κ2) is 5.41. The lowest BCUT2D eigenvalue weighted by molar-refractivity contribution is 0.402. The Labute approximate surface area is 118 Å². The first-order valence-electron chi connectivity index (χ1n) is 5.83. The zero-order chi connectivity index (χ0) is 14.2. The van der Waals surface area contributed by atoms with Gasteiger partial charge in [-0.05, 0) is 34.6 Å². The summed E-state index contributed by atoms with van der Waals surface area (Å²) in [7, 11) is 0. The number of halogens is 1. The van der Waals surface area contributed by atoms with Crippen LogP contribution < -0.4 is 17.1 Å². The van der Waals surface area contributed by atoms with Crippen LogP contribution in [0.3, 0.4) is 0 Å². The maximum Gasteiger partial charge on any atom is 0.337 e. The topological polar surface area (TPSA) is 66.0 Å². The van der Waals surface area contributed by atoms with E-state index in [1.54, 1.807) is 34.6 Å². The number of nitrogens with zero attached hydrogens (tertiary/aromatic N) is 3. The molecule has 1 aromatic rings. The summed E-state index contributed by atoms with van der Waals surface area (Å²) in [6.45, 7) is 8.74. The van der Waals surface area contributed by atoms with Crippen molar-refractivity contribution in [2.75, 3.05) is 0 Å². The molecule has 0 aliphatic carbocycles. The molecule has 0 saturated heterocycles. The average molecular weight is 367 g/mol. The third kappa shape index (κ3) is 2.45. The average Bonchev–Trinajstić information content (AvgIpc) is 2.14. The Morgan fingerprint density at radius 2 is 1.00 bits per heavy atom. The SMILES string of the molecule is CC(C)n1c(=O)n(C(C)C)c(=O)n(C(C)I)c1=O. The summed E-state index contributed by atoms with van der Waals surface area (Å²) in [5, 5.41) is 0. The van der Waals surface area contributed by atoms with Crippen LogP contribution in [0.25, 0.3) is 0 Å². The molecular formula is C11H18IN3O3.